The first-order valence-corrected chi connectivity index (χ1v) is 7.42. The molecule has 1 amide bonds. The molecule has 1 aliphatic heterocycles. The highest BCUT2D eigenvalue weighted by Crippen LogP contribution is 2.32. The van der Waals surface area contributed by atoms with Crippen LogP contribution in [0.25, 0.3) is 16.8 Å². The summed E-state index contributed by atoms with van der Waals surface area (Å²) in [6, 6.07) is 8.82. The van der Waals surface area contributed by atoms with Crippen LogP contribution >= 0.6 is 0 Å². The van der Waals surface area contributed by atoms with Gasteiger partial charge >= 0.3 is 0 Å². The highest BCUT2D eigenvalue weighted by atomic mass is 16.3. The molecule has 6 nitrogen and oxygen atoms in total. The van der Waals surface area contributed by atoms with Crippen LogP contribution in [0, 0.1) is 0 Å². The van der Waals surface area contributed by atoms with E-state index in [0.29, 0.717) is 30.2 Å². The molecule has 0 spiro atoms. The van der Waals surface area contributed by atoms with Crippen LogP contribution in [-0.2, 0) is 4.79 Å². The number of carbonyl (C=O) groups excluding carboxylic acids is 1. The van der Waals surface area contributed by atoms with Crippen molar-refractivity contribution < 1.29 is 9.90 Å². The van der Waals surface area contributed by atoms with Crippen LogP contribution in [0.4, 0.5) is 5.82 Å². The average molecular weight is 310 g/mol. The Balaban J connectivity index is 1.96. The van der Waals surface area contributed by atoms with E-state index in [1.807, 2.05) is 18.2 Å². The van der Waals surface area contributed by atoms with E-state index in [9.17, 15) is 9.90 Å². The molecule has 0 saturated carbocycles. The van der Waals surface area contributed by atoms with Gasteiger partial charge in [0.05, 0.1) is 5.69 Å². The Labute approximate surface area is 134 Å². The molecule has 118 valence electrons. The molecule has 0 fully saturated rings. The third-order valence-electron chi connectivity index (χ3n) is 4.00. The van der Waals surface area contributed by atoms with Crippen molar-refractivity contribution in [1.29, 1.82) is 0 Å². The molecule has 3 N–H and O–H groups in total. The second-order valence-corrected chi connectivity index (χ2v) is 5.49. The number of amides is 1. The van der Waals surface area contributed by atoms with Crippen LogP contribution in [0.1, 0.15) is 18.9 Å². The molecule has 1 aromatic heterocycles. The van der Waals surface area contributed by atoms with Gasteiger partial charge in [-0.3, -0.25) is 4.79 Å². The minimum Gasteiger partial charge on any atom is -0.507 e. The quantitative estimate of drug-likeness (QED) is 0.886. The van der Waals surface area contributed by atoms with E-state index in [-0.39, 0.29) is 11.7 Å². The third kappa shape index (κ3) is 3.01. The van der Waals surface area contributed by atoms with Gasteiger partial charge in [0.1, 0.15) is 5.75 Å². The lowest BCUT2D eigenvalue weighted by atomic mass is 9.98. The molecular formula is C17H18N4O2. The summed E-state index contributed by atoms with van der Waals surface area (Å²) in [4.78, 5) is 13.2. The van der Waals surface area contributed by atoms with Gasteiger partial charge in [0.25, 0.3) is 0 Å². The van der Waals surface area contributed by atoms with Gasteiger partial charge in [0, 0.05) is 31.1 Å². The Morgan fingerprint density at radius 3 is 2.70 bits per heavy atom. The maximum absolute atomic E-state index is 11.4. The second-order valence-electron chi connectivity index (χ2n) is 5.49. The minimum atomic E-state index is 0.0658. The molecular weight excluding hydrogens is 292 g/mol. The van der Waals surface area contributed by atoms with Crippen LogP contribution in [0.3, 0.4) is 0 Å². The number of benzene rings is 1. The fourth-order valence-electron chi connectivity index (χ4n) is 2.68. The van der Waals surface area contributed by atoms with Crippen LogP contribution in [0.5, 0.6) is 5.75 Å². The van der Waals surface area contributed by atoms with Crippen LogP contribution < -0.4 is 5.73 Å². The van der Waals surface area contributed by atoms with Crippen molar-refractivity contribution in [2.24, 2.45) is 0 Å². The van der Waals surface area contributed by atoms with E-state index >= 15 is 0 Å². The molecule has 0 unspecified atom stereocenters. The summed E-state index contributed by atoms with van der Waals surface area (Å²) in [6.07, 6.45) is 2.71. The number of hydrogen-bond acceptors (Lipinski definition) is 5. The number of hydrogen-bond donors (Lipinski definition) is 2. The summed E-state index contributed by atoms with van der Waals surface area (Å²) in [5, 5.41) is 18.1. The van der Waals surface area contributed by atoms with E-state index in [2.05, 4.69) is 10.2 Å². The zero-order valence-corrected chi connectivity index (χ0v) is 12.9. The van der Waals surface area contributed by atoms with Gasteiger partial charge in [-0.05, 0) is 30.2 Å². The number of rotatable bonds is 2. The number of aromatic hydroxyl groups is 1. The predicted molar refractivity (Wildman–Crippen MR) is 88.4 cm³/mol. The van der Waals surface area contributed by atoms with Crippen molar-refractivity contribution >= 4 is 17.3 Å². The van der Waals surface area contributed by atoms with Crippen molar-refractivity contribution in [2.45, 2.75) is 13.3 Å². The molecule has 0 atom stereocenters. The lowest BCUT2D eigenvalue weighted by Crippen LogP contribution is -2.32. The first kappa shape index (κ1) is 15.0. The van der Waals surface area contributed by atoms with Crippen molar-refractivity contribution in [2.75, 3.05) is 18.8 Å². The smallest absolute Gasteiger partial charge is 0.219 e. The number of carbonyl (C=O) groups is 1. The van der Waals surface area contributed by atoms with Crippen molar-refractivity contribution in [1.82, 2.24) is 15.1 Å². The molecule has 1 aromatic carbocycles. The van der Waals surface area contributed by atoms with E-state index in [4.69, 9.17) is 5.73 Å². The lowest BCUT2D eigenvalue weighted by molar-refractivity contribution is -0.128. The molecule has 2 heterocycles. The van der Waals surface area contributed by atoms with Gasteiger partial charge in [-0.2, -0.15) is 0 Å². The minimum absolute atomic E-state index is 0.0658. The Morgan fingerprint density at radius 1 is 1.26 bits per heavy atom. The number of para-hydroxylation sites is 1. The maximum atomic E-state index is 11.4. The Hall–Kier alpha value is -2.89. The summed E-state index contributed by atoms with van der Waals surface area (Å²) in [7, 11) is 0. The van der Waals surface area contributed by atoms with Gasteiger partial charge in [-0.15, -0.1) is 10.2 Å². The number of aromatic nitrogens is 2. The van der Waals surface area contributed by atoms with Gasteiger partial charge in [0.2, 0.25) is 5.91 Å². The number of nitrogens with zero attached hydrogens (tertiary/aromatic N) is 3. The Bertz CT molecular complexity index is 786. The fourth-order valence-corrected chi connectivity index (χ4v) is 2.68. The molecule has 0 saturated heterocycles. The molecule has 1 aliphatic rings. The van der Waals surface area contributed by atoms with E-state index < -0.39 is 0 Å². The zero-order valence-electron chi connectivity index (χ0n) is 12.9. The number of anilines is 1. The standard InChI is InChI=1S/C17H18N4O2/c1-11(22)21-8-6-12(7-9-21)14-10-15(19-20-17(14)18)13-4-2-3-5-16(13)23/h2-6,10,23H,7-9H2,1H3,(H2,18,20). The number of phenolic OH excluding ortho intramolecular Hbond substituents is 1. The number of nitrogens with two attached hydrogens (primary N) is 1. The zero-order chi connectivity index (χ0) is 16.4. The SMILES string of the molecule is CC(=O)N1CC=C(c2cc(-c3ccccc3O)nnc2N)CC1. The van der Waals surface area contributed by atoms with E-state index in [1.165, 1.54) is 0 Å². The maximum Gasteiger partial charge on any atom is 0.219 e. The van der Waals surface area contributed by atoms with Crippen molar-refractivity contribution in [3.8, 4) is 17.0 Å². The summed E-state index contributed by atoms with van der Waals surface area (Å²) < 4.78 is 0. The monoisotopic (exact) mass is 310 g/mol. The topological polar surface area (TPSA) is 92.3 Å². The first-order chi connectivity index (χ1) is 11.1. The Morgan fingerprint density at radius 2 is 2.04 bits per heavy atom. The summed E-state index contributed by atoms with van der Waals surface area (Å²) in [5.74, 6) is 0.570. The number of nitrogen functional groups attached to an aromatic ring is 1. The third-order valence-corrected chi connectivity index (χ3v) is 4.00. The summed E-state index contributed by atoms with van der Waals surface area (Å²) in [6.45, 7) is 2.80. The predicted octanol–water partition coefficient (Wildman–Crippen LogP) is 2.07. The van der Waals surface area contributed by atoms with Gasteiger partial charge < -0.3 is 15.7 Å². The highest BCUT2D eigenvalue weighted by Gasteiger charge is 2.18. The van der Waals surface area contributed by atoms with Crippen LogP contribution in [0.15, 0.2) is 36.4 Å². The average Bonchev–Trinajstić information content (AvgIpc) is 2.56. The molecule has 0 aliphatic carbocycles. The molecule has 0 radical (unpaired) electrons. The molecule has 0 bridgehead atoms. The molecule has 23 heavy (non-hydrogen) atoms. The fraction of sp³-hybridized carbons (Fsp3) is 0.235. The second kappa shape index (κ2) is 6.08. The van der Waals surface area contributed by atoms with E-state index in [0.717, 1.165) is 17.6 Å². The highest BCUT2D eigenvalue weighted by molar-refractivity contribution is 5.80. The largest absolute Gasteiger partial charge is 0.507 e. The normalized spacial score (nSPS) is 14.5. The molecule has 3 rings (SSSR count). The van der Waals surface area contributed by atoms with Gasteiger partial charge in [-0.25, -0.2) is 0 Å². The van der Waals surface area contributed by atoms with Gasteiger partial charge in [-0.1, -0.05) is 18.2 Å². The Kier molecular flexibility index (Phi) is 3.97. The molecule has 6 heteroatoms. The number of phenols is 1. The van der Waals surface area contributed by atoms with Crippen molar-refractivity contribution in [3.63, 3.8) is 0 Å². The van der Waals surface area contributed by atoms with Crippen LogP contribution in [0.2, 0.25) is 0 Å². The molecule has 2 aromatic rings. The summed E-state index contributed by atoms with van der Waals surface area (Å²) in [5.41, 5.74) is 9.01. The summed E-state index contributed by atoms with van der Waals surface area (Å²) >= 11 is 0. The lowest BCUT2D eigenvalue weighted by Gasteiger charge is -2.25. The van der Waals surface area contributed by atoms with Crippen LogP contribution in [-0.4, -0.2) is 39.2 Å². The van der Waals surface area contributed by atoms with E-state index in [1.54, 1.807) is 30.0 Å². The van der Waals surface area contributed by atoms with Crippen molar-refractivity contribution in [3.05, 3.63) is 42.0 Å². The first-order valence-electron chi connectivity index (χ1n) is 7.42. The van der Waals surface area contributed by atoms with Gasteiger partial charge in [0.15, 0.2) is 5.82 Å².